The Bertz CT molecular complexity index is 1230. The molecule has 4 rings (SSSR count). The molecule has 11 heteroatoms. The molecule has 3 aromatic heterocycles. The number of aromatic nitrogens is 4. The molecule has 0 saturated heterocycles. The lowest BCUT2D eigenvalue weighted by Crippen LogP contribution is -2.18. The van der Waals surface area contributed by atoms with Crippen LogP contribution in [0, 0.1) is 0 Å². The van der Waals surface area contributed by atoms with Crippen LogP contribution in [0.15, 0.2) is 29.4 Å². The molecular formula is C18H18F3N5O2S. The van der Waals surface area contributed by atoms with Crippen molar-refractivity contribution in [3.05, 3.63) is 35.7 Å². The molecule has 0 atom stereocenters. The van der Waals surface area contributed by atoms with E-state index in [-0.39, 0.29) is 17.3 Å². The monoisotopic (exact) mass is 425 g/mol. The summed E-state index contributed by atoms with van der Waals surface area (Å²) in [6.07, 6.45) is -0.795. The Kier molecular flexibility index (Phi) is 4.25. The maximum atomic E-state index is 13.1. The molecule has 1 saturated carbocycles. The summed E-state index contributed by atoms with van der Waals surface area (Å²) in [6.45, 7) is 1.36. The second-order valence-electron chi connectivity index (χ2n) is 7.19. The van der Waals surface area contributed by atoms with Crippen molar-refractivity contribution in [2.75, 3.05) is 5.75 Å². The zero-order valence-corrected chi connectivity index (χ0v) is 16.5. The van der Waals surface area contributed by atoms with Crippen LogP contribution >= 0.6 is 0 Å². The van der Waals surface area contributed by atoms with Gasteiger partial charge in [-0.05, 0) is 30.5 Å². The van der Waals surface area contributed by atoms with Crippen molar-refractivity contribution < 1.29 is 21.6 Å². The van der Waals surface area contributed by atoms with Crippen LogP contribution in [0.2, 0.25) is 0 Å². The number of nitrogens with two attached hydrogens (primary N) is 1. The highest BCUT2D eigenvalue weighted by Crippen LogP contribution is 2.43. The third-order valence-corrected chi connectivity index (χ3v) is 6.92. The van der Waals surface area contributed by atoms with Crippen molar-refractivity contribution in [2.45, 2.75) is 36.4 Å². The van der Waals surface area contributed by atoms with Crippen LogP contribution in [-0.4, -0.2) is 33.7 Å². The standard InChI is InChI=1S/C18H18F3N5O2S/c1-3-29(27,28)13-7-11(18(19,20)21)9-23-14(13)16-25-12-6-10(17(22)4-5-17)8-24-15(12)26(16)2/h6-9H,3-5,22H2,1-2H3. The number of sulfone groups is 1. The molecule has 7 nitrogen and oxygen atoms in total. The van der Waals surface area contributed by atoms with Crippen molar-refractivity contribution in [2.24, 2.45) is 12.8 Å². The Morgan fingerprint density at radius 1 is 1.21 bits per heavy atom. The molecule has 1 aliphatic carbocycles. The molecule has 3 heterocycles. The van der Waals surface area contributed by atoms with Gasteiger partial charge in [0.15, 0.2) is 21.3 Å². The van der Waals surface area contributed by atoms with Crippen molar-refractivity contribution in [1.82, 2.24) is 19.5 Å². The fourth-order valence-corrected chi connectivity index (χ4v) is 4.20. The summed E-state index contributed by atoms with van der Waals surface area (Å²) >= 11 is 0. The van der Waals surface area contributed by atoms with E-state index in [1.807, 2.05) is 0 Å². The molecule has 2 N–H and O–H groups in total. The van der Waals surface area contributed by atoms with Gasteiger partial charge in [0.2, 0.25) is 0 Å². The van der Waals surface area contributed by atoms with Gasteiger partial charge in [0, 0.05) is 25.0 Å². The number of nitrogens with zero attached hydrogens (tertiary/aromatic N) is 4. The molecule has 0 amide bonds. The van der Waals surface area contributed by atoms with Gasteiger partial charge in [-0.2, -0.15) is 13.2 Å². The van der Waals surface area contributed by atoms with E-state index < -0.39 is 32.0 Å². The van der Waals surface area contributed by atoms with Crippen molar-refractivity contribution in [3.63, 3.8) is 0 Å². The molecule has 0 bridgehead atoms. The summed E-state index contributed by atoms with van der Waals surface area (Å²) in [5, 5.41) is 0. The first-order chi connectivity index (χ1) is 13.5. The van der Waals surface area contributed by atoms with E-state index in [2.05, 4.69) is 15.0 Å². The van der Waals surface area contributed by atoms with Crippen LogP contribution in [0.3, 0.4) is 0 Å². The normalized spacial score (nSPS) is 16.3. The summed E-state index contributed by atoms with van der Waals surface area (Å²) in [6, 6.07) is 2.38. The van der Waals surface area contributed by atoms with E-state index in [1.165, 1.54) is 11.5 Å². The van der Waals surface area contributed by atoms with E-state index in [0.717, 1.165) is 18.4 Å². The van der Waals surface area contributed by atoms with Crippen molar-refractivity contribution >= 4 is 21.0 Å². The Labute approximate surface area is 164 Å². The average Bonchev–Trinajstić information content (AvgIpc) is 3.34. The molecule has 1 fully saturated rings. The van der Waals surface area contributed by atoms with Gasteiger partial charge in [-0.3, -0.25) is 4.98 Å². The number of rotatable bonds is 4. The van der Waals surface area contributed by atoms with Crippen LogP contribution in [0.25, 0.3) is 22.7 Å². The van der Waals surface area contributed by atoms with Gasteiger partial charge in [0.05, 0.1) is 16.2 Å². The Hall–Kier alpha value is -2.53. The van der Waals surface area contributed by atoms with Gasteiger partial charge in [-0.15, -0.1) is 0 Å². The van der Waals surface area contributed by atoms with E-state index in [9.17, 15) is 21.6 Å². The highest BCUT2D eigenvalue weighted by Gasteiger charge is 2.40. The Morgan fingerprint density at radius 2 is 1.90 bits per heavy atom. The van der Waals surface area contributed by atoms with Crippen LogP contribution < -0.4 is 5.73 Å². The average molecular weight is 425 g/mol. The Morgan fingerprint density at radius 3 is 2.48 bits per heavy atom. The molecular weight excluding hydrogens is 407 g/mol. The predicted octanol–water partition coefficient (Wildman–Crippen LogP) is 2.79. The number of fused-ring (bicyclic) bond motifs is 1. The van der Waals surface area contributed by atoms with Gasteiger partial charge in [0.25, 0.3) is 0 Å². The lowest BCUT2D eigenvalue weighted by molar-refractivity contribution is -0.138. The fourth-order valence-electron chi connectivity index (χ4n) is 3.14. The first-order valence-corrected chi connectivity index (χ1v) is 10.5. The number of aryl methyl sites for hydroxylation is 1. The second-order valence-corrected chi connectivity index (χ2v) is 9.44. The molecule has 0 aliphatic heterocycles. The van der Waals surface area contributed by atoms with E-state index in [4.69, 9.17) is 5.73 Å². The van der Waals surface area contributed by atoms with E-state index >= 15 is 0 Å². The molecule has 0 radical (unpaired) electrons. The first kappa shape index (κ1) is 19.8. The number of imidazole rings is 1. The van der Waals surface area contributed by atoms with Crippen LogP contribution in [0.4, 0.5) is 13.2 Å². The largest absolute Gasteiger partial charge is 0.417 e. The van der Waals surface area contributed by atoms with E-state index in [0.29, 0.717) is 23.4 Å². The predicted molar refractivity (Wildman–Crippen MR) is 99.6 cm³/mol. The number of pyridine rings is 2. The van der Waals surface area contributed by atoms with Gasteiger partial charge in [-0.1, -0.05) is 6.92 Å². The summed E-state index contributed by atoms with van der Waals surface area (Å²) in [7, 11) is -2.39. The molecule has 0 spiro atoms. The second kappa shape index (κ2) is 6.23. The Balaban J connectivity index is 1.94. The molecule has 154 valence electrons. The lowest BCUT2D eigenvalue weighted by Gasteiger charge is -2.12. The number of hydrogen-bond acceptors (Lipinski definition) is 6. The summed E-state index contributed by atoms with van der Waals surface area (Å²) in [5.74, 6) is -0.252. The first-order valence-electron chi connectivity index (χ1n) is 8.88. The molecule has 29 heavy (non-hydrogen) atoms. The van der Waals surface area contributed by atoms with Crippen LogP contribution in [-0.2, 0) is 28.6 Å². The summed E-state index contributed by atoms with van der Waals surface area (Å²) < 4.78 is 65.9. The zero-order chi connectivity index (χ0) is 21.2. The third kappa shape index (κ3) is 3.27. The minimum absolute atomic E-state index is 0.118. The summed E-state index contributed by atoms with van der Waals surface area (Å²) in [5.41, 5.74) is 6.23. The summed E-state index contributed by atoms with van der Waals surface area (Å²) in [4.78, 5) is 12.1. The van der Waals surface area contributed by atoms with Gasteiger partial charge in [-0.25, -0.2) is 18.4 Å². The lowest BCUT2D eigenvalue weighted by atomic mass is 10.1. The maximum Gasteiger partial charge on any atom is 0.417 e. The van der Waals surface area contributed by atoms with Crippen LogP contribution in [0.1, 0.15) is 30.9 Å². The highest BCUT2D eigenvalue weighted by molar-refractivity contribution is 7.91. The maximum absolute atomic E-state index is 13.1. The molecule has 1 aliphatic rings. The quantitative estimate of drug-likeness (QED) is 0.689. The smallest absolute Gasteiger partial charge is 0.321 e. The topological polar surface area (TPSA) is 104 Å². The molecule has 0 unspecified atom stereocenters. The van der Waals surface area contributed by atoms with Gasteiger partial charge in [0.1, 0.15) is 11.2 Å². The van der Waals surface area contributed by atoms with E-state index in [1.54, 1.807) is 19.3 Å². The highest BCUT2D eigenvalue weighted by atomic mass is 32.2. The number of alkyl halides is 3. The number of halogens is 3. The van der Waals surface area contributed by atoms with Crippen LogP contribution in [0.5, 0.6) is 0 Å². The zero-order valence-electron chi connectivity index (χ0n) is 15.7. The minimum Gasteiger partial charge on any atom is -0.321 e. The molecule has 0 aromatic carbocycles. The fraction of sp³-hybridized carbons (Fsp3) is 0.389. The van der Waals surface area contributed by atoms with Crippen molar-refractivity contribution in [1.29, 1.82) is 0 Å². The SMILES string of the molecule is CCS(=O)(=O)c1cc(C(F)(F)F)cnc1-c1nc2cc(C3(N)CC3)cnc2n1C. The van der Waals surface area contributed by atoms with Gasteiger partial charge < -0.3 is 10.3 Å². The third-order valence-electron chi connectivity index (χ3n) is 5.18. The molecule has 3 aromatic rings. The van der Waals surface area contributed by atoms with Crippen molar-refractivity contribution in [3.8, 4) is 11.5 Å². The minimum atomic E-state index is -4.72. The number of hydrogen-bond donors (Lipinski definition) is 1. The van der Waals surface area contributed by atoms with Gasteiger partial charge >= 0.3 is 6.18 Å².